The number of aliphatic imine (C=N–C) groups is 1. The molecule has 0 amide bonds. The molecule has 7 heteroatoms. The number of halogens is 1. The van der Waals surface area contributed by atoms with Crippen molar-refractivity contribution in [2.75, 3.05) is 20.6 Å². The number of aromatic hydroxyl groups is 1. The molecule has 3 N–H and O–H groups in total. The Hall–Kier alpha value is -3.97. The second-order valence-corrected chi connectivity index (χ2v) is 8.84. The van der Waals surface area contributed by atoms with Gasteiger partial charge in [0.05, 0.1) is 28.9 Å². The number of benzene rings is 3. The molecule has 0 spiro atoms. The van der Waals surface area contributed by atoms with Crippen LogP contribution in [-0.2, 0) is 17.6 Å². The number of carboxylic acid groups (broad SMARTS) is 1. The number of fused-ring (bicyclic) bond motifs is 1. The Morgan fingerprint density at radius 3 is 2.51 bits per heavy atom. The van der Waals surface area contributed by atoms with E-state index in [1.54, 1.807) is 24.3 Å². The van der Waals surface area contributed by atoms with Crippen molar-refractivity contribution < 1.29 is 19.4 Å². The number of aromatic amines is 1. The second-order valence-electron chi connectivity index (χ2n) is 8.84. The van der Waals surface area contributed by atoms with E-state index in [1.165, 1.54) is 17.7 Å². The van der Waals surface area contributed by atoms with E-state index in [9.17, 15) is 19.4 Å². The molecule has 4 rings (SSSR count). The zero-order chi connectivity index (χ0) is 24.9. The van der Waals surface area contributed by atoms with Crippen LogP contribution in [0.3, 0.4) is 0 Å². The molecule has 0 saturated heterocycles. The number of aryl methyl sites for hydroxylation is 1. The van der Waals surface area contributed by atoms with Crippen LogP contribution in [0.15, 0.2) is 71.7 Å². The highest BCUT2D eigenvalue weighted by molar-refractivity contribution is 6.22. The lowest BCUT2D eigenvalue weighted by Gasteiger charge is -2.10. The van der Waals surface area contributed by atoms with Crippen LogP contribution in [0, 0.1) is 5.82 Å². The van der Waals surface area contributed by atoms with Crippen LogP contribution in [0.1, 0.15) is 28.7 Å². The summed E-state index contributed by atoms with van der Waals surface area (Å²) in [5.41, 5.74) is 4.51. The second kappa shape index (κ2) is 10.5. The first-order chi connectivity index (χ1) is 16.8. The van der Waals surface area contributed by atoms with Crippen molar-refractivity contribution in [3.8, 4) is 5.88 Å². The minimum atomic E-state index is -0.934. The third-order valence-corrected chi connectivity index (χ3v) is 5.78. The topological polar surface area (TPSA) is 88.9 Å². The van der Waals surface area contributed by atoms with Gasteiger partial charge < -0.3 is 20.1 Å². The van der Waals surface area contributed by atoms with Crippen LogP contribution in [0.5, 0.6) is 5.88 Å². The van der Waals surface area contributed by atoms with Gasteiger partial charge in [-0.1, -0.05) is 30.3 Å². The first-order valence-electron chi connectivity index (χ1n) is 11.4. The van der Waals surface area contributed by atoms with Crippen molar-refractivity contribution >= 4 is 28.3 Å². The number of nitrogens with zero attached hydrogens (tertiary/aromatic N) is 2. The van der Waals surface area contributed by atoms with Gasteiger partial charge in [0, 0.05) is 10.9 Å². The van der Waals surface area contributed by atoms with Crippen molar-refractivity contribution in [2.45, 2.75) is 19.3 Å². The Morgan fingerprint density at radius 2 is 1.80 bits per heavy atom. The summed E-state index contributed by atoms with van der Waals surface area (Å²) in [4.78, 5) is 21.1. The summed E-state index contributed by atoms with van der Waals surface area (Å²) >= 11 is 0. The molecule has 1 heterocycles. The molecule has 0 unspecified atom stereocenters. The molecule has 6 nitrogen and oxygen atoms in total. The van der Waals surface area contributed by atoms with E-state index >= 15 is 0 Å². The zero-order valence-corrected chi connectivity index (χ0v) is 19.8. The molecule has 180 valence electrons. The summed E-state index contributed by atoms with van der Waals surface area (Å²) in [5, 5.41) is 20.6. The number of hydrogen-bond acceptors (Lipinski definition) is 4. The highest BCUT2D eigenvalue weighted by atomic mass is 19.1. The van der Waals surface area contributed by atoms with Gasteiger partial charge in [0.1, 0.15) is 5.82 Å². The van der Waals surface area contributed by atoms with Crippen LogP contribution in [0.4, 0.5) is 10.1 Å². The first kappa shape index (κ1) is 24.2. The lowest BCUT2D eigenvalue weighted by molar-refractivity contribution is -0.136. The van der Waals surface area contributed by atoms with Gasteiger partial charge in [0.2, 0.25) is 0 Å². The number of rotatable bonds is 9. The van der Waals surface area contributed by atoms with Gasteiger partial charge in [-0.05, 0) is 81.0 Å². The van der Waals surface area contributed by atoms with E-state index in [2.05, 4.69) is 24.0 Å². The average molecular weight is 474 g/mol. The van der Waals surface area contributed by atoms with E-state index in [0.717, 1.165) is 19.4 Å². The van der Waals surface area contributed by atoms with Crippen molar-refractivity contribution in [3.63, 3.8) is 0 Å². The van der Waals surface area contributed by atoms with E-state index < -0.39 is 11.8 Å². The number of carboxylic acids is 1. The average Bonchev–Trinajstić information content (AvgIpc) is 3.12. The Balaban J connectivity index is 1.78. The molecule has 0 atom stereocenters. The number of aromatic nitrogens is 1. The van der Waals surface area contributed by atoms with Gasteiger partial charge in [0.25, 0.3) is 0 Å². The molecule has 4 aromatic rings. The SMILES string of the molecule is CN(C)CCCc1ccc(N=C(c2cccc(CC(=O)O)c2)c2c(O)[nH]c3cc(F)ccc23)cc1. The van der Waals surface area contributed by atoms with Gasteiger partial charge in [-0.25, -0.2) is 9.38 Å². The van der Waals surface area contributed by atoms with E-state index in [1.807, 2.05) is 30.3 Å². The monoisotopic (exact) mass is 473 g/mol. The molecule has 0 radical (unpaired) electrons. The van der Waals surface area contributed by atoms with E-state index in [-0.39, 0.29) is 12.3 Å². The van der Waals surface area contributed by atoms with Gasteiger partial charge in [-0.15, -0.1) is 0 Å². The maximum absolute atomic E-state index is 13.8. The standard InChI is InChI=1S/C28H28FN3O3/c1-32(2)14-4-6-18-8-11-22(12-9-18)30-27(20-7-3-5-19(15-20)16-25(33)34)26-23-13-10-21(29)17-24(23)31-28(26)35/h3,5,7-13,15,17,31,35H,4,6,14,16H2,1-2H3,(H,33,34). The summed E-state index contributed by atoms with van der Waals surface area (Å²) < 4.78 is 13.8. The van der Waals surface area contributed by atoms with Crippen LogP contribution >= 0.6 is 0 Å². The maximum Gasteiger partial charge on any atom is 0.307 e. The highest BCUT2D eigenvalue weighted by Crippen LogP contribution is 2.32. The van der Waals surface area contributed by atoms with Crippen molar-refractivity contribution in [2.24, 2.45) is 4.99 Å². The zero-order valence-electron chi connectivity index (χ0n) is 19.8. The minimum absolute atomic E-state index is 0.131. The Morgan fingerprint density at radius 1 is 1.03 bits per heavy atom. The van der Waals surface area contributed by atoms with Gasteiger partial charge in [0.15, 0.2) is 5.88 Å². The molecule has 0 aliphatic heterocycles. The molecule has 35 heavy (non-hydrogen) atoms. The third kappa shape index (κ3) is 5.94. The molecule has 0 saturated carbocycles. The maximum atomic E-state index is 13.8. The summed E-state index contributed by atoms with van der Waals surface area (Å²) in [6.07, 6.45) is 1.88. The minimum Gasteiger partial charge on any atom is -0.494 e. The molecule has 0 fully saturated rings. The predicted molar refractivity (Wildman–Crippen MR) is 136 cm³/mol. The smallest absolute Gasteiger partial charge is 0.307 e. The summed E-state index contributed by atoms with van der Waals surface area (Å²) in [5.74, 6) is -1.48. The lowest BCUT2D eigenvalue weighted by atomic mass is 9.98. The normalized spacial score (nSPS) is 11.9. The molecular weight excluding hydrogens is 445 g/mol. The summed E-state index contributed by atoms with van der Waals surface area (Å²) in [6, 6.07) is 19.3. The lowest BCUT2D eigenvalue weighted by Crippen LogP contribution is -2.13. The molecular formula is C28H28FN3O3. The number of nitrogens with one attached hydrogen (secondary N) is 1. The van der Waals surface area contributed by atoms with Gasteiger partial charge in [-0.2, -0.15) is 0 Å². The molecule has 0 aliphatic rings. The summed E-state index contributed by atoms with van der Waals surface area (Å²) in [6.45, 7) is 1.01. The fraction of sp³-hybridized carbons (Fsp3) is 0.214. The van der Waals surface area contributed by atoms with Gasteiger partial charge >= 0.3 is 5.97 Å². The van der Waals surface area contributed by atoms with Gasteiger partial charge in [-0.3, -0.25) is 4.79 Å². The Kier molecular flexibility index (Phi) is 7.27. The fourth-order valence-corrected chi connectivity index (χ4v) is 4.13. The van der Waals surface area contributed by atoms with E-state index in [0.29, 0.717) is 39.0 Å². The van der Waals surface area contributed by atoms with Crippen molar-refractivity contribution in [1.82, 2.24) is 9.88 Å². The quantitative estimate of drug-likeness (QED) is 0.288. The van der Waals surface area contributed by atoms with Crippen LogP contribution in [0.25, 0.3) is 10.9 Å². The number of H-pyrrole nitrogens is 1. The predicted octanol–water partition coefficient (Wildman–Crippen LogP) is 5.30. The largest absolute Gasteiger partial charge is 0.494 e. The molecule has 0 aliphatic carbocycles. The first-order valence-corrected chi connectivity index (χ1v) is 11.4. The number of carbonyl (C=O) groups is 1. The van der Waals surface area contributed by atoms with Crippen molar-refractivity contribution in [1.29, 1.82) is 0 Å². The Bertz CT molecular complexity index is 1370. The van der Waals surface area contributed by atoms with Crippen molar-refractivity contribution in [3.05, 3.63) is 94.8 Å². The van der Waals surface area contributed by atoms with Crippen LogP contribution in [-0.4, -0.2) is 52.4 Å². The van der Waals surface area contributed by atoms with Crippen LogP contribution < -0.4 is 0 Å². The Labute approximate surface area is 203 Å². The fourth-order valence-electron chi connectivity index (χ4n) is 4.13. The van der Waals surface area contributed by atoms with Crippen LogP contribution in [0.2, 0.25) is 0 Å². The molecule has 1 aromatic heterocycles. The molecule has 0 bridgehead atoms. The number of hydrogen-bond donors (Lipinski definition) is 3. The molecule has 3 aromatic carbocycles. The highest BCUT2D eigenvalue weighted by Gasteiger charge is 2.19. The van der Waals surface area contributed by atoms with E-state index in [4.69, 9.17) is 4.99 Å². The third-order valence-electron chi connectivity index (χ3n) is 5.78. The summed E-state index contributed by atoms with van der Waals surface area (Å²) in [7, 11) is 4.11. The number of aliphatic carboxylic acids is 1.